The number of hydrogen-bond donors (Lipinski definition) is 1. The zero-order valence-corrected chi connectivity index (χ0v) is 16.7. The molecule has 0 radical (unpaired) electrons. The van der Waals surface area contributed by atoms with Gasteiger partial charge in [0.05, 0.1) is 19.5 Å². The van der Waals surface area contributed by atoms with Crippen LogP contribution in [-0.4, -0.2) is 35.6 Å². The summed E-state index contributed by atoms with van der Waals surface area (Å²) in [6.45, 7) is 2.27. The number of carbonyl (C=O) groups is 1. The van der Waals surface area contributed by atoms with E-state index in [0.717, 1.165) is 5.56 Å². The molecule has 2 aromatic carbocycles. The number of methoxy groups -OCH3 is 2. The van der Waals surface area contributed by atoms with Crippen LogP contribution in [0.4, 0.5) is 0 Å². The summed E-state index contributed by atoms with van der Waals surface area (Å²) in [5.74, 6) is 1.47. The molecule has 1 N–H and O–H groups in total. The second-order valence-corrected chi connectivity index (χ2v) is 7.23. The highest BCUT2D eigenvalue weighted by Gasteiger charge is 2.19. The molecule has 146 valence electrons. The number of rotatable bonds is 8. The molecular formula is C20H21N3O4S. The number of aromatic nitrogens is 2. The molecule has 3 aromatic rings. The van der Waals surface area contributed by atoms with E-state index in [2.05, 4.69) is 15.5 Å². The molecule has 0 bridgehead atoms. The molecule has 8 heteroatoms. The highest BCUT2D eigenvalue weighted by atomic mass is 32.2. The Morgan fingerprint density at radius 2 is 1.79 bits per heavy atom. The largest absolute Gasteiger partial charge is 0.497 e. The fourth-order valence-corrected chi connectivity index (χ4v) is 3.15. The zero-order chi connectivity index (χ0) is 19.9. The van der Waals surface area contributed by atoms with Crippen LogP contribution in [0.3, 0.4) is 0 Å². The van der Waals surface area contributed by atoms with Gasteiger partial charge < -0.3 is 19.2 Å². The van der Waals surface area contributed by atoms with Crippen molar-refractivity contribution >= 4 is 17.7 Å². The van der Waals surface area contributed by atoms with Gasteiger partial charge in [0.2, 0.25) is 11.8 Å². The first-order valence-corrected chi connectivity index (χ1v) is 9.52. The van der Waals surface area contributed by atoms with Gasteiger partial charge in [-0.25, -0.2) is 0 Å². The summed E-state index contributed by atoms with van der Waals surface area (Å²) in [6, 6.07) is 15.1. The molecule has 0 fully saturated rings. The summed E-state index contributed by atoms with van der Waals surface area (Å²) >= 11 is 1.21. The number of hydrogen-bond acceptors (Lipinski definition) is 7. The minimum absolute atomic E-state index is 0.100. The number of carbonyl (C=O) groups excluding carboxylic acids is 1. The van der Waals surface area contributed by atoms with Crippen LogP contribution in [0.1, 0.15) is 12.5 Å². The number of nitrogens with one attached hydrogen (secondary N) is 1. The average molecular weight is 399 g/mol. The molecule has 0 aliphatic carbocycles. The second-order valence-electron chi connectivity index (χ2n) is 5.94. The van der Waals surface area contributed by atoms with Crippen LogP contribution in [0.5, 0.6) is 11.5 Å². The number of ether oxygens (including phenoxy) is 2. The summed E-state index contributed by atoms with van der Waals surface area (Å²) in [5.41, 5.74) is 1.72. The Morgan fingerprint density at radius 1 is 1.11 bits per heavy atom. The standard InChI is InChI=1S/C20H21N3O4S/c1-13(18(24)21-12-14-7-5-4-6-8-14)28-20-23-22-19(27-20)15-9-16(25-2)11-17(10-15)26-3/h4-11,13H,12H2,1-3H3,(H,21,24)/t13-/m0/s1. The van der Waals surface area contributed by atoms with Gasteiger partial charge in [-0.2, -0.15) is 0 Å². The van der Waals surface area contributed by atoms with Crippen LogP contribution in [-0.2, 0) is 11.3 Å². The third-order valence-electron chi connectivity index (χ3n) is 3.96. The van der Waals surface area contributed by atoms with Gasteiger partial charge in [-0.1, -0.05) is 42.1 Å². The van der Waals surface area contributed by atoms with Crippen LogP contribution in [0, 0.1) is 0 Å². The van der Waals surface area contributed by atoms with Crippen LogP contribution >= 0.6 is 11.8 Å². The summed E-state index contributed by atoms with van der Waals surface area (Å²) in [7, 11) is 3.15. The van der Waals surface area contributed by atoms with Crippen molar-refractivity contribution in [3.63, 3.8) is 0 Å². The molecule has 0 aliphatic rings. The van der Waals surface area contributed by atoms with Gasteiger partial charge in [-0.05, 0) is 24.6 Å². The van der Waals surface area contributed by atoms with Crippen molar-refractivity contribution in [2.24, 2.45) is 0 Å². The van der Waals surface area contributed by atoms with Gasteiger partial charge in [0.1, 0.15) is 11.5 Å². The zero-order valence-electron chi connectivity index (χ0n) is 15.8. The van der Waals surface area contributed by atoms with Gasteiger partial charge in [0, 0.05) is 18.2 Å². The summed E-state index contributed by atoms with van der Waals surface area (Å²) < 4.78 is 16.2. The maximum Gasteiger partial charge on any atom is 0.277 e. The van der Waals surface area contributed by atoms with Crippen LogP contribution in [0.15, 0.2) is 58.2 Å². The average Bonchev–Trinajstić information content (AvgIpc) is 3.20. The molecule has 0 aliphatic heterocycles. The molecule has 0 spiro atoms. The Labute approximate surface area is 167 Å². The van der Waals surface area contributed by atoms with E-state index in [1.165, 1.54) is 11.8 Å². The second kappa shape index (κ2) is 9.27. The molecule has 3 rings (SSSR count). The third-order valence-corrected chi connectivity index (χ3v) is 4.90. The van der Waals surface area contributed by atoms with Crippen LogP contribution < -0.4 is 14.8 Å². The lowest BCUT2D eigenvalue weighted by Gasteiger charge is -2.09. The summed E-state index contributed by atoms with van der Waals surface area (Å²) in [5, 5.41) is 10.9. The Balaban J connectivity index is 1.63. The Morgan fingerprint density at radius 3 is 2.43 bits per heavy atom. The Hall–Kier alpha value is -3.00. The molecule has 28 heavy (non-hydrogen) atoms. The quantitative estimate of drug-likeness (QED) is 0.580. The normalized spacial score (nSPS) is 11.7. The van der Waals surface area contributed by atoms with Crippen molar-refractivity contribution in [2.75, 3.05) is 14.2 Å². The Kier molecular flexibility index (Phi) is 6.54. The monoisotopic (exact) mass is 399 g/mol. The lowest BCUT2D eigenvalue weighted by molar-refractivity contribution is -0.120. The van der Waals surface area contributed by atoms with E-state index < -0.39 is 0 Å². The smallest absolute Gasteiger partial charge is 0.277 e. The van der Waals surface area contributed by atoms with E-state index in [1.807, 2.05) is 30.3 Å². The first kappa shape index (κ1) is 19.8. The van der Waals surface area contributed by atoms with Crippen molar-refractivity contribution in [1.29, 1.82) is 0 Å². The first-order valence-electron chi connectivity index (χ1n) is 8.64. The summed E-state index contributed by atoms with van der Waals surface area (Å²) in [4.78, 5) is 12.3. The molecule has 1 atom stereocenters. The van der Waals surface area contributed by atoms with Gasteiger partial charge in [-0.3, -0.25) is 4.79 Å². The van der Waals surface area contributed by atoms with Crippen molar-refractivity contribution in [3.05, 3.63) is 54.1 Å². The number of amides is 1. The van der Waals surface area contributed by atoms with E-state index in [4.69, 9.17) is 13.9 Å². The number of nitrogens with zero attached hydrogens (tertiary/aromatic N) is 2. The molecule has 0 saturated carbocycles. The van der Waals surface area contributed by atoms with E-state index in [1.54, 1.807) is 39.3 Å². The molecular weight excluding hydrogens is 378 g/mol. The van der Waals surface area contributed by atoms with E-state index in [-0.39, 0.29) is 11.2 Å². The van der Waals surface area contributed by atoms with Crippen LogP contribution in [0.25, 0.3) is 11.5 Å². The van der Waals surface area contributed by atoms with Crippen LogP contribution in [0.2, 0.25) is 0 Å². The molecule has 1 amide bonds. The van der Waals surface area contributed by atoms with E-state index in [9.17, 15) is 4.79 Å². The minimum atomic E-state index is -0.378. The topological polar surface area (TPSA) is 86.5 Å². The first-order chi connectivity index (χ1) is 13.6. The third kappa shape index (κ3) is 5.04. The number of benzene rings is 2. The molecule has 1 heterocycles. The predicted molar refractivity (Wildman–Crippen MR) is 106 cm³/mol. The van der Waals surface area contributed by atoms with Crippen molar-refractivity contribution < 1.29 is 18.7 Å². The van der Waals surface area contributed by atoms with Gasteiger partial charge in [0.25, 0.3) is 5.22 Å². The van der Waals surface area contributed by atoms with E-state index >= 15 is 0 Å². The maximum atomic E-state index is 12.3. The maximum absolute atomic E-state index is 12.3. The highest BCUT2D eigenvalue weighted by Crippen LogP contribution is 2.31. The minimum Gasteiger partial charge on any atom is -0.497 e. The number of thioether (sulfide) groups is 1. The fraction of sp³-hybridized carbons (Fsp3) is 0.250. The Bertz CT molecular complexity index is 908. The van der Waals surface area contributed by atoms with Crippen molar-refractivity contribution in [1.82, 2.24) is 15.5 Å². The van der Waals surface area contributed by atoms with Gasteiger partial charge >= 0.3 is 0 Å². The van der Waals surface area contributed by atoms with E-state index in [0.29, 0.717) is 34.7 Å². The van der Waals surface area contributed by atoms with Crippen molar-refractivity contribution in [3.8, 4) is 23.0 Å². The SMILES string of the molecule is COc1cc(OC)cc(-c2nnc(S[C@@H](C)C(=O)NCc3ccccc3)o2)c1. The van der Waals surface area contributed by atoms with Crippen molar-refractivity contribution in [2.45, 2.75) is 23.9 Å². The highest BCUT2D eigenvalue weighted by molar-refractivity contribution is 8.00. The molecule has 7 nitrogen and oxygen atoms in total. The summed E-state index contributed by atoms with van der Waals surface area (Å²) in [6.07, 6.45) is 0. The molecule has 1 aromatic heterocycles. The lowest BCUT2D eigenvalue weighted by Crippen LogP contribution is -2.30. The van der Waals surface area contributed by atoms with Gasteiger partial charge in [0.15, 0.2) is 0 Å². The molecule has 0 saturated heterocycles. The fourth-order valence-electron chi connectivity index (χ4n) is 2.44. The predicted octanol–water partition coefficient (Wildman–Crippen LogP) is 3.55. The molecule has 0 unspecified atom stereocenters. The van der Waals surface area contributed by atoms with Gasteiger partial charge in [-0.15, -0.1) is 10.2 Å². The lowest BCUT2D eigenvalue weighted by atomic mass is 10.2.